The number of carbonyl (C=O) groups is 1. The van der Waals surface area contributed by atoms with Gasteiger partial charge in [0.25, 0.3) is 11.6 Å². The minimum Gasteiger partial charge on any atom is -0.496 e. The molecular formula is C21H15N3O4. The van der Waals surface area contributed by atoms with E-state index in [2.05, 4.69) is 5.32 Å². The number of nitrogens with one attached hydrogen (secondary N) is 1. The largest absolute Gasteiger partial charge is 0.496 e. The Morgan fingerprint density at radius 3 is 2.57 bits per heavy atom. The number of hydrogen-bond acceptors (Lipinski definition) is 5. The standard InChI is InChI=1S/C21H15N3O4/c1-28-20-10-9-14(18-7-2-3-8-19(18)20)11-15(13-22)21(25)23-16-5-4-6-17(12-16)24(26)27/h2-12H,1H3,(H,23,25)/b15-11+. The van der Waals surface area contributed by atoms with Crippen molar-refractivity contribution in [2.75, 3.05) is 12.4 Å². The van der Waals surface area contributed by atoms with Crippen molar-refractivity contribution in [2.45, 2.75) is 0 Å². The van der Waals surface area contributed by atoms with E-state index in [1.165, 1.54) is 30.3 Å². The van der Waals surface area contributed by atoms with Crippen LogP contribution in [0.25, 0.3) is 16.8 Å². The van der Waals surface area contributed by atoms with Crippen molar-refractivity contribution in [3.05, 3.63) is 81.9 Å². The molecular weight excluding hydrogens is 358 g/mol. The summed E-state index contributed by atoms with van der Waals surface area (Å²) in [4.78, 5) is 22.8. The van der Waals surface area contributed by atoms with E-state index in [1.54, 1.807) is 19.2 Å². The SMILES string of the molecule is COc1ccc(/C=C(\C#N)C(=O)Nc2cccc([N+](=O)[O-])c2)c2ccccc12. The van der Waals surface area contributed by atoms with Crippen LogP contribution in [0.3, 0.4) is 0 Å². The van der Waals surface area contributed by atoms with E-state index in [0.717, 1.165) is 10.8 Å². The molecule has 3 aromatic rings. The second-order valence-electron chi connectivity index (χ2n) is 5.83. The van der Waals surface area contributed by atoms with Crippen LogP contribution in [-0.4, -0.2) is 17.9 Å². The van der Waals surface area contributed by atoms with Crippen LogP contribution in [0.4, 0.5) is 11.4 Å². The fourth-order valence-electron chi connectivity index (χ4n) is 2.80. The Morgan fingerprint density at radius 1 is 1.14 bits per heavy atom. The highest BCUT2D eigenvalue weighted by atomic mass is 16.6. The lowest BCUT2D eigenvalue weighted by Gasteiger charge is -2.09. The van der Waals surface area contributed by atoms with Gasteiger partial charge >= 0.3 is 0 Å². The number of anilines is 1. The molecule has 1 amide bonds. The van der Waals surface area contributed by atoms with Gasteiger partial charge in [-0.2, -0.15) is 5.26 Å². The van der Waals surface area contributed by atoms with Gasteiger partial charge in [-0.1, -0.05) is 36.4 Å². The number of benzene rings is 3. The van der Waals surface area contributed by atoms with E-state index >= 15 is 0 Å². The summed E-state index contributed by atoms with van der Waals surface area (Å²) < 4.78 is 5.35. The summed E-state index contributed by atoms with van der Waals surface area (Å²) in [5.74, 6) is 0.0372. The number of methoxy groups -OCH3 is 1. The Morgan fingerprint density at radius 2 is 1.89 bits per heavy atom. The summed E-state index contributed by atoms with van der Waals surface area (Å²) in [6.45, 7) is 0. The van der Waals surface area contributed by atoms with E-state index in [0.29, 0.717) is 11.3 Å². The molecule has 0 aliphatic rings. The molecule has 0 heterocycles. The molecule has 3 rings (SSSR count). The maximum absolute atomic E-state index is 12.5. The summed E-state index contributed by atoms with van der Waals surface area (Å²) in [5, 5.41) is 24.5. The van der Waals surface area contributed by atoms with Gasteiger partial charge in [-0.25, -0.2) is 0 Å². The molecule has 138 valence electrons. The second-order valence-corrected chi connectivity index (χ2v) is 5.83. The topological polar surface area (TPSA) is 105 Å². The summed E-state index contributed by atoms with van der Waals surface area (Å²) in [7, 11) is 1.57. The molecule has 0 radical (unpaired) electrons. The fraction of sp³-hybridized carbons (Fsp3) is 0.0476. The highest BCUT2D eigenvalue weighted by Crippen LogP contribution is 2.29. The van der Waals surface area contributed by atoms with Crippen LogP contribution in [0.5, 0.6) is 5.75 Å². The minimum absolute atomic E-state index is 0.123. The van der Waals surface area contributed by atoms with Gasteiger partial charge in [0, 0.05) is 23.2 Å². The van der Waals surface area contributed by atoms with Crippen molar-refractivity contribution < 1.29 is 14.5 Å². The molecule has 3 aromatic carbocycles. The number of non-ortho nitro benzene ring substituents is 1. The average Bonchev–Trinajstić information content (AvgIpc) is 2.72. The normalized spacial score (nSPS) is 10.9. The van der Waals surface area contributed by atoms with Crippen molar-refractivity contribution in [3.63, 3.8) is 0 Å². The molecule has 0 fully saturated rings. The lowest BCUT2D eigenvalue weighted by molar-refractivity contribution is -0.384. The van der Waals surface area contributed by atoms with Crippen molar-refractivity contribution in [1.82, 2.24) is 0 Å². The summed E-state index contributed by atoms with van der Waals surface area (Å²) in [6.07, 6.45) is 1.48. The minimum atomic E-state index is -0.650. The van der Waals surface area contributed by atoms with E-state index < -0.39 is 10.8 Å². The quantitative estimate of drug-likeness (QED) is 0.311. The van der Waals surface area contributed by atoms with E-state index in [9.17, 15) is 20.2 Å². The number of fused-ring (bicyclic) bond motifs is 1. The Bertz CT molecular complexity index is 1150. The van der Waals surface area contributed by atoms with E-state index in [-0.39, 0.29) is 16.9 Å². The third kappa shape index (κ3) is 3.81. The van der Waals surface area contributed by atoms with Crippen LogP contribution in [0.15, 0.2) is 66.2 Å². The Balaban J connectivity index is 1.96. The van der Waals surface area contributed by atoms with Gasteiger partial charge in [0.2, 0.25) is 0 Å². The molecule has 1 N–H and O–H groups in total. The zero-order valence-electron chi connectivity index (χ0n) is 14.9. The Kier molecular flexibility index (Phi) is 5.33. The smallest absolute Gasteiger partial charge is 0.271 e. The number of carbonyl (C=O) groups excluding carboxylic acids is 1. The first-order valence-corrected chi connectivity index (χ1v) is 8.27. The van der Waals surface area contributed by atoms with Crippen LogP contribution in [0, 0.1) is 21.4 Å². The molecule has 0 atom stereocenters. The molecule has 7 heteroatoms. The fourth-order valence-corrected chi connectivity index (χ4v) is 2.80. The monoisotopic (exact) mass is 373 g/mol. The van der Waals surface area contributed by atoms with Crippen LogP contribution >= 0.6 is 0 Å². The Labute approximate surface area is 160 Å². The van der Waals surface area contributed by atoms with Gasteiger partial charge in [0.05, 0.1) is 12.0 Å². The molecule has 0 unspecified atom stereocenters. The number of rotatable bonds is 5. The number of amides is 1. The summed E-state index contributed by atoms with van der Waals surface area (Å²) >= 11 is 0. The van der Waals surface area contributed by atoms with Crippen LogP contribution < -0.4 is 10.1 Å². The highest BCUT2D eigenvalue weighted by Gasteiger charge is 2.13. The molecule has 28 heavy (non-hydrogen) atoms. The number of nitro groups is 1. The summed E-state index contributed by atoms with van der Waals surface area (Å²) in [5.41, 5.74) is 0.644. The van der Waals surface area contributed by atoms with Crippen molar-refractivity contribution in [1.29, 1.82) is 5.26 Å². The van der Waals surface area contributed by atoms with E-state index in [4.69, 9.17) is 4.74 Å². The van der Waals surface area contributed by atoms with Crippen molar-refractivity contribution in [2.24, 2.45) is 0 Å². The average molecular weight is 373 g/mol. The molecule has 0 saturated carbocycles. The predicted molar refractivity (Wildman–Crippen MR) is 106 cm³/mol. The first-order chi connectivity index (χ1) is 13.5. The molecule has 0 saturated heterocycles. The van der Waals surface area contributed by atoms with Crippen LogP contribution in [0.1, 0.15) is 5.56 Å². The first-order valence-electron chi connectivity index (χ1n) is 8.27. The zero-order valence-corrected chi connectivity index (χ0v) is 14.9. The summed E-state index contributed by atoms with van der Waals surface area (Å²) in [6, 6.07) is 18.4. The maximum atomic E-state index is 12.5. The molecule has 7 nitrogen and oxygen atoms in total. The van der Waals surface area contributed by atoms with E-state index in [1.807, 2.05) is 30.3 Å². The highest BCUT2D eigenvalue weighted by molar-refractivity contribution is 6.11. The van der Waals surface area contributed by atoms with Gasteiger partial charge in [0.1, 0.15) is 17.4 Å². The van der Waals surface area contributed by atoms with Gasteiger partial charge in [-0.05, 0) is 29.2 Å². The number of nitriles is 1. The lowest BCUT2D eigenvalue weighted by atomic mass is 10.0. The van der Waals surface area contributed by atoms with Crippen molar-refractivity contribution in [3.8, 4) is 11.8 Å². The number of nitro benzene ring substituents is 1. The molecule has 0 aliphatic heterocycles. The second kappa shape index (κ2) is 8.01. The van der Waals surface area contributed by atoms with Gasteiger partial charge in [-0.15, -0.1) is 0 Å². The van der Waals surface area contributed by atoms with Crippen molar-refractivity contribution >= 4 is 34.1 Å². The van der Waals surface area contributed by atoms with Crippen LogP contribution in [0.2, 0.25) is 0 Å². The maximum Gasteiger partial charge on any atom is 0.271 e. The third-order valence-corrected chi connectivity index (χ3v) is 4.12. The third-order valence-electron chi connectivity index (χ3n) is 4.12. The van der Waals surface area contributed by atoms with Gasteiger partial charge in [0.15, 0.2) is 0 Å². The lowest BCUT2D eigenvalue weighted by Crippen LogP contribution is -2.13. The number of ether oxygens (including phenoxy) is 1. The van der Waals surface area contributed by atoms with Crippen LogP contribution in [-0.2, 0) is 4.79 Å². The van der Waals surface area contributed by atoms with Gasteiger partial charge in [-0.3, -0.25) is 14.9 Å². The number of nitrogens with zero attached hydrogens (tertiary/aromatic N) is 2. The molecule has 0 aliphatic carbocycles. The molecule has 0 bridgehead atoms. The predicted octanol–water partition coefficient (Wildman–Crippen LogP) is 4.30. The Hall–Kier alpha value is -4.18. The van der Waals surface area contributed by atoms with Gasteiger partial charge < -0.3 is 10.1 Å². The molecule has 0 aromatic heterocycles. The number of hydrogen-bond donors (Lipinski definition) is 1. The first kappa shape index (κ1) is 18.6. The molecule has 0 spiro atoms. The zero-order chi connectivity index (χ0) is 20.1.